The maximum atomic E-state index is 13.6. The number of nitrogens with zero attached hydrogens (tertiary/aromatic N) is 4. The van der Waals surface area contributed by atoms with Crippen LogP contribution < -0.4 is 0 Å². The molecule has 0 spiro atoms. The first kappa shape index (κ1) is 21.2. The first-order valence-corrected chi connectivity index (χ1v) is 12.8. The summed E-state index contributed by atoms with van der Waals surface area (Å²) in [6.45, 7) is 10.8. The normalized spacial score (nSPS) is 20.2. The molecule has 2 aromatic rings. The van der Waals surface area contributed by atoms with E-state index in [1.807, 2.05) is 16.2 Å². The Bertz CT molecular complexity index is 920. The van der Waals surface area contributed by atoms with E-state index in [1.165, 1.54) is 28.1 Å². The number of hydrogen-bond acceptors (Lipinski definition) is 5. The number of thiophene rings is 1. The van der Waals surface area contributed by atoms with Crippen molar-refractivity contribution >= 4 is 17.2 Å². The highest BCUT2D eigenvalue weighted by molar-refractivity contribution is 7.10. The van der Waals surface area contributed by atoms with Crippen molar-refractivity contribution in [3.63, 3.8) is 0 Å². The van der Waals surface area contributed by atoms with Crippen LogP contribution in [0.5, 0.6) is 0 Å². The van der Waals surface area contributed by atoms with Gasteiger partial charge in [-0.25, -0.2) is 0 Å². The van der Waals surface area contributed by atoms with Crippen LogP contribution in [0.2, 0.25) is 0 Å². The summed E-state index contributed by atoms with van der Waals surface area (Å²) < 4.78 is 7.78. The second kappa shape index (κ2) is 9.04. The van der Waals surface area contributed by atoms with Crippen LogP contribution in [-0.2, 0) is 17.6 Å². The number of rotatable bonds is 5. The van der Waals surface area contributed by atoms with Gasteiger partial charge in [-0.3, -0.25) is 14.4 Å². The fourth-order valence-electron chi connectivity index (χ4n) is 5.11. The van der Waals surface area contributed by atoms with Gasteiger partial charge in [0.2, 0.25) is 0 Å². The zero-order valence-corrected chi connectivity index (χ0v) is 19.6. The summed E-state index contributed by atoms with van der Waals surface area (Å²) >= 11 is 1.83. The number of carbonyl (C=O) groups excluding carboxylic acids is 1. The largest absolute Gasteiger partial charge is 0.381 e. The number of fused-ring (bicyclic) bond motifs is 3. The number of piperazine rings is 1. The van der Waals surface area contributed by atoms with Gasteiger partial charge >= 0.3 is 0 Å². The molecule has 168 valence electrons. The third-order valence-corrected chi connectivity index (χ3v) is 8.01. The molecule has 0 bridgehead atoms. The average Bonchev–Trinajstić information content (AvgIpc) is 3.42. The molecule has 2 aliphatic heterocycles. The number of aryl methyl sites for hydroxylation is 1. The summed E-state index contributed by atoms with van der Waals surface area (Å²) in [4.78, 5) is 19.6. The van der Waals surface area contributed by atoms with Gasteiger partial charge in [0.25, 0.3) is 5.91 Å². The van der Waals surface area contributed by atoms with E-state index in [9.17, 15) is 4.79 Å². The molecule has 5 rings (SSSR count). The van der Waals surface area contributed by atoms with Crippen LogP contribution in [0.25, 0.3) is 11.3 Å². The Morgan fingerprint density at radius 3 is 2.71 bits per heavy atom. The molecule has 1 aliphatic carbocycles. The minimum atomic E-state index is 0.129. The molecule has 2 fully saturated rings. The number of hydrogen-bond donors (Lipinski definition) is 0. The maximum Gasteiger partial charge on any atom is 0.274 e. The first-order chi connectivity index (χ1) is 15.1. The van der Waals surface area contributed by atoms with E-state index in [0.717, 1.165) is 77.5 Å². The van der Waals surface area contributed by atoms with Gasteiger partial charge in [-0.1, -0.05) is 13.8 Å². The molecular formula is C24H34N4O2S. The number of ether oxygens (including phenoxy) is 1. The van der Waals surface area contributed by atoms with Crippen LogP contribution in [0.15, 0.2) is 11.4 Å². The fraction of sp³-hybridized carbons (Fsp3) is 0.667. The van der Waals surface area contributed by atoms with Gasteiger partial charge in [-0.05, 0) is 56.0 Å². The number of amides is 1. The van der Waals surface area contributed by atoms with Crippen LogP contribution in [0.3, 0.4) is 0 Å². The minimum Gasteiger partial charge on any atom is -0.381 e. The van der Waals surface area contributed by atoms with Crippen molar-refractivity contribution in [1.82, 2.24) is 19.6 Å². The Morgan fingerprint density at radius 1 is 1.19 bits per heavy atom. The molecule has 1 amide bonds. The van der Waals surface area contributed by atoms with Crippen LogP contribution in [0.1, 0.15) is 60.1 Å². The second-order valence-electron chi connectivity index (χ2n) is 9.54. The number of aromatic nitrogens is 2. The lowest BCUT2D eigenvalue weighted by molar-refractivity contribution is 0.0611. The van der Waals surface area contributed by atoms with E-state index >= 15 is 0 Å². The lowest BCUT2D eigenvalue weighted by Gasteiger charge is -2.34. The van der Waals surface area contributed by atoms with Gasteiger partial charge in [0.1, 0.15) is 0 Å². The van der Waals surface area contributed by atoms with Crippen molar-refractivity contribution < 1.29 is 9.53 Å². The Morgan fingerprint density at radius 2 is 1.97 bits per heavy atom. The third-order valence-electron chi connectivity index (χ3n) is 7.03. The lowest BCUT2D eigenvalue weighted by Crippen LogP contribution is -2.49. The molecule has 0 atom stereocenters. The summed E-state index contributed by atoms with van der Waals surface area (Å²) in [5, 5.41) is 7.19. The van der Waals surface area contributed by atoms with Crippen molar-refractivity contribution in [1.29, 1.82) is 0 Å². The van der Waals surface area contributed by atoms with Gasteiger partial charge in [-0.15, -0.1) is 11.3 Å². The Kier molecular flexibility index (Phi) is 6.17. The summed E-state index contributed by atoms with van der Waals surface area (Å²) in [6.07, 6.45) is 5.09. The molecule has 4 heterocycles. The molecule has 0 radical (unpaired) electrons. The Hall–Kier alpha value is -1.70. The highest BCUT2D eigenvalue weighted by Crippen LogP contribution is 2.41. The van der Waals surface area contributed by atoms with Gasteiger partial charge in [0.05, 0.1) is 11.7 Å². The minimum absolute atomic E-state index is 0.129. The average molecular weight is 443 g/mol. The SMILES string of the molecule is CC(C)CCN1CCN(C(=O)c2nn(C3CCOCC3)c3c2CCc2sccc2-3)CC1. The predicted octanol–water partition coefficient (Wildman–Crippen LogP) is 3.87. The molecule has 3 aliphatic rings. The van der Waals surface area contributed by atoms with Crippen molar-refractivity contribution in [2.45, 2.75) is 52.0 Å². The molecule has 6 nitrogen and oxygen atoms in total. The Labute approximate surface area is 189 Å². The molecule has 0 unspecified atom stereocenters. The van der Waals surface area contributed by atoms with Gasteiger partial charge in [0, 0.05) is 55.4 Å². The molecule has 0 aromatic carbocycles. The molecule has 2 saturated heterocycles. The standard InChI is InChI=1S/C24H34N4O2S/c1-17(2)5-9-26-10-12-27(13-11-26)24(29)22-20-3-4-21-19(8-16-31-21)23(20)28(25-22)18-6-14-30-15-7-18/h8,16-18H,3-7,9-15H2,1-2H3. The summed E-state index contributed by atoms with van der Waals surface area (Å²) in [5.74, 6) is 0.853. The van der Waals surface area contributed by atoms with E-state index in [-0.39, 0.29) is 5.91 Å². The van der Waals surface area contributed by atoms with Crippen LogP contribution >= 0.6 is 11.3 Å². The zero-order chi connectivity index (χ0) is 21.4. The van der Waals surface area contributed by atoms with Crippen molar-refractivity contribution in [2.75, 3.05) is 45.9 Å². The molecule has 7 heteroatoms. The van der Waals surface area contributed by atoms with Crippen LogP contribution in [0, 0.1) is 5.92 Å². The fourth-order valence-corrected chi connectivity index (χ4v) is 5.99. The van der Waals surface area contributed by atoms with Crippen molar-refractivity contribution in [3.8, 4) is 11.3 Å². The monoisotopic (exact) mass is 442 g/mol. The predicted molar refractivity (Wildman–Crippen MR) is 124 cm³/mol. The molecular weight excluding hydrogens is 408 g/mol. The van der Waals surface area contributed by atoms with E-state index in [1.54, 1.807) is 0 Å². The number of carbonyl (C=O) groups is 1. The highest BCUT2D eigenvalue weighted by Gasteiger charge is 2.34. The van der Waals surface area contributed by atoms with E-state index < -0.39 is 0 Å². The molecule has 0 N–H and O–H groups in total. The van der Waals surface area contributed by atoms with Gasteiger partial charge in [0.15, 0.2) is 5.69 Å². The maximum absolute atomic E-state index is 13.6. The van der Waals surface area contributed by atoms with Gasteiger partial charge in [-0.2, -0.15) is 5.10 Å². The zero-order valence-electron chi connectivity index (χ0n) is 18.8. The summed E-state index contributed by atoms with van der Waals surface area (Å²) in [7, 11) is 0. The first-order valence-electron chi connectivity index (χ1n) is 11.9. The highest BCUT2D eigenvalue weighted by atomic mass is 32.1. The van der Waals surface area contributed by atoms with Crippen molar-refractivity contribution in [2.24, 2.45) is 5.92 Å². The molecule has 31 heavy (non-hydrogen) atoms. The topological polar surface area (TPSA) is 50.6 Å². The summed E-state index contributed by atoms with van der Waals surface area (Å²) in [5.41, 5.74) is 4.37. The third kappa shape index (κ3) is 4.20. The van der Waals surface area contributed by atoms with E-state index in [2.05, 4.69) is 34.9 Å². The molecule has 2 aromatic heterocycles. The van der Waals surface area contributed by atoms with E-state index in [4.69, 9.17) is 9.84 Å². The smallest absolute Gasteiger partial charge is 0.274 e. The quantitative estimate of drug-likeness (QED) is 0.705. The second-order valence-corrected chi connectivity index (χ2v) is 10.5. The lowest BCUT2D eigenvalue weighted by atomic mass is 9.93. The Balaban J connectivity index is 1.39. The van der Waals surface area contributed by atoms with Crippen molar-refractivity contribution in [3.05, 3.63) is 27.6 Å². The van der Waals surface area contributed by atoms with Crippen LogP contribution in [-0.4, -0.2) is 71.4 Å². The molecule has 0 saturated carbocycles. The van der Waals surface area contributed by atoms with E-state index in [0.29, 0.717) is 11.7 Å². The van der Waals surface area contributed by atoms with Gasteiger partial charge < -0.3 is 9.64 Å². The van der Waals surface area contributed by atoms with Crippen LogP contribution in [0.4, 0.5) is 0 Å². The summed E-state index contributed by atoms with van der Waals surface area (Å²) in [6, 6.07) is 2.54.